The number of anilines is 1. The lowest BCUT2D eigenvalue weighted by molar-refractivity contribution is -0.383. The van der Waals surface area contributed by atoms with Gasteiger partial charge in [0.15, 0.2) is 0 Å². The van der Waals surface area contributed by atoms with Crippen LogP contribution >= 0.6 is 0 Å². The van der Waals surface area contributed by atoms with Gasteiger partial charge in [-0.15, -0.1) is 0 Å². The van der Waals surface area contributed by atoms with Gasteiger partial charge >= 0.3 is 0 Å². The van der Waals surface area contributed by atoms with Crippen LogP contribution in [-0.4, -0.2) is 44.3 Å². The van der Waals surface area contributed by atoms with Crippen molar-refractivity contribution < 1.29 is 18.1 Å². The van der Waals surface area contributed by atoms with Gasteiger partial charge in [0.25, 0.3) is 11.6 Å². The van der Waals surface area contributed by atoms with Crippen LogP contribution < -0.4 is 10.6 Å². The lowest BCUT2D eigenvalue weighted by Gasteiger charge is -2.13. The Morgan fingerprint density at radius 1 is 1.43 bits per heavy atom. The molecule has 0 aliphatic carbocycles. The second-order valence-corrected chi connectivity index (χ2v) is 6.89. The summed E-state index contributed by atoms with van der Waals surface area (Å²) in [6.45, 7) is 1.57. The van der Waals surface area contributed by atoms with Crippen molar-refractivity contribution in [3.8, 4) is 0 Å². The Labute approximate surface area is 122 Å². The number of nitro benzene ring substituents is 1. The molecule has 8 nitrogen and oxygen atoms in total. The minimum atomic E-state index is -3.20. The summed E-state index contributed by atoms with van der Waals surface area (Å²) >= 11 is 0. The van der Waals surface area contributed by atoms with Crippen LogP contribution in [0.1, 0.15) is 17.3 Å². The molecule has 0 aliphatic rings. The minimum Gasteiger partial charge on any atom is -0.383 e. The summed E-state index contributed by atoms with van der Waals surface area (Å²) in [5.41, 5.74) is 0.284. The highest BCUT2D eigenvalue weighted by atomic mass is 32.2. The Morgan fingerprint density at radius 2 is 2.05 bits per heavy atom. The van der Waals surface area contributed by atoms with Crippen molar-refractivity contribution in [1.82, 2.24) is 5.32 Å². The first-order chi connectivity index (χ1) is 9.64. The minimum absolute atomic E-state index is 0.141. The number of carbonyl (C=O) groups excluding carboxylic acids is 1. The van der Waals surface area contributed by atoms with Gasteiger partial charge in [-0.25, -0.2) is 8.42 Å². The molecule has 0 heterocycles. The fraction of sp³-hybridized carbons (Fsp3) is 0.417. The number of hydrogen-bond acceptors (Lipinski definition) is 6. The van der Waals surface area contributed by atoms with E-state index in [-0.39, 0.29) is 22.7 Å². The Hall–Kier alpha value is -2.16. The molecule has 0 saturated heterocycles. The highest BCUT2D eigenvalue weighted by Crippen LogP contribution is 2.24. The molecule has 1 atom stereocenters. The molecule has 9 heteroatoms. The van der Waals surface area contributed by atoms with Gasteiger partial charge in [0.2, 0.25) is 0 Å². The smallest absolute Gasteiger partial charge is 0.292 e. The largest absolute Gasteiger partial charge is 0.383 e. The molecule has 1 aromatic carbocycles. The summed E-state index contributed by atoms with van der Waals surface area (Å²) in [5.74, 6) is -0.664. The molecule has 0 saturated carbocycles. The van der Waals surface area contributed by atoms with Crippen molar-refractivity contribution in [3.05, 3.63) is 33.9 Å². The van der Waals surface area contributed by atoms with E-state index < -0.39 is 26.7 Å². The van der Waals surface area contributed by atoms with Crippen molar-refractivity contribution in [1.29, 1.82) is 0 Å². The van der Waals surface area contributed by atoms with Gasteiger partial charge in [-0.05, 0) is 19.1 Å². The Kier molecular flexibility index (Phi) is 5.25. The number of benzene rings is 1. The molecule has 116 valence electrons. The number of carbonyl (C=O) groups is 1. The Morgan fingerprint density at radius 3 is 2.52 bits per heavy atom. The maximum Gasteiger partial charge on any atom is 0.292 e. The average Bonchev–Trinajstić information content (AvgIpc) is 2.35. The molecule has 0 fully saturated rings. The van der Waals surface area contributed by atoms with E-state index >= 15 is 0 Å². The second kappa shape index (κ2) is 6.53. The highest BCUT2D eigenvalue weighted by molar-refractivity contribution is 7.90. The molecular formula is C12H17N3O5S. The first kappa shape index (κ1) is 16.9. The molecule has 0 aliphatic heterocycles. The van der Waals surface area contributed by atoms with Crippen molar-refractivity contribution in [2.45, 2.75) is 13.0 Å². The predicted octanol–water partition coefficient (Wildman–Crippen LogP) is 0.799. The molecule has 1 unspecified atom stereocenters. The van der Waals surface area contributed by atoms with Crippen molar-refractivity contribution in [2.75, 3.05) is 24.4 Å². The molecule has 0 spiro atoms. The summed E-state index contributed by atoms with van der Waals surface area (Å²) in [7, 11) is -1.69. The lowest BCUT2D eigenvalue weighted by atomic mass is 10.1. The second-order valence-electron chi connectivity index (χ2n) is 4.71. The van der Waals surface area contributed by atoms with E-state index in [1.807, 2.05) is 0 Å². The van der Waals surface area contributed by atoms with E-state index in [0.717, 1.165) is 6.26 Å². The summed E-state index contributed by atoms with van der Waals surface area (Å²) in [5, 5.41) is 16.0. The van der Waals surface area contributed by atoms with Gasteiger partial charge in [-0.3, -0.25) is 14.9 Å². The molecule has 1 rings (SSSR count). The summed E-state index contributed by atoms with van der Waals surface area (Å²) < 4.78 is 22.3. The number of amides is 1. The summed E-state index contributed by atoms with van der Waals surface area (Å²) in [6.07, 6.45) is 1.08. The normalized spacial score (nSPS) is 12.5. The van der Waals surface area contributed by atoms with Gasteiger partial charge in [-0.2, -0.15) is 0 Å². The third kappa shape index (κ3) is 5.03. The fourth-order valence-electron chi connectivity index (χ4n) is 1.84. The van der Waals surface area contributed by atoms with Crippen molar-refractivity contribution in [3.63, 3.8) is 0 Å². The molecule has 0 aromatic heterocycles. The van der Waals surface area contributed by atoms with Crippen LogP contribution in [0.2, 0.25) is 0 Å². The monoisotopic (exact) mass is 315 g/mol. The Bertz CT molecular complexity index is 657. The number of sulfone groups is 1. The van der Waals surface area contributed by atoms with Crippen molar-refractivity contribution >= 4 is 27.1 Å². The molecule has 0 bridgehead atoms. The number of rotatable bonds is 6. The average molecular weight is 315 g/mol. The topological polar surface area (TPSA) is 118 Å². The zero-order chi connectivity index (χ0) is 16.2. The van der Waals surface area contributed by atoms with Gasteiger partial charge in [0.05, 0.1) is 10.7 Å². The molecule has 21 heavy (non-hydrogen) atoms. The number of nitrogens with one attached hydrogen (secondary N) is 2. The fourth-order valence-corrected chi connectivity index (χ4v) is 2.83. The standard InChI is InChI=1S/C12H17N3O5S/c1-8(7-21(3,19)20)14-12(16)9-4-5-11(15(17)18)10(6-9)13-2/h4-6,8,13H,7H2,1-3H3,(H,14,16). The lowest BCUT2D eigenvalue weighted by Crippen LogP contribution is -2.37. The predicted molar refractivity (Wildman–Crippen MR) is 79.3 cm³/mol. The van der Waals surface area contributed by atoms with E-state index in [4.69, 9.17) is 0 Å². The van der Waals surface area contributed by atoms with Crippen LogP contribution in [0.25, 0.3) is 0 Å². The van der Waals surface area contributed by atoms with E-state index in [0.29, 0.717) is 0 Å². The highest BCUT2D eigenvalue weighted by Gasteiger charge is 2.18. The molecule has 1 aromatic rings. The first-order valence-corrected chi connectivity index (χ1v) is 8.15. The zero-order valence-electron chi connectivity index (χ0n) is 11.9. The van der Waals surface area contributed by atoms with Crippen LogP contribution in [0.4, 0.5) is 11.4 Å². The number of hydrogen-bond donors (Lipinski definition) is 2. The summed E-state index contributed by atoms with van der Waals surface area (Å²) in [6, 6.07) is 3.34. The summed E-state index contributed by atoms with van der Waals surface area (Å²) in [4.78, 5) is 22.2. The molecular weight excluding hydrogens is 298 g/mol. The van der Waals surface area contributed by atoms with E-state index in [9.17, 15) is 23.3 Å². The van der Waals surface area contributed by atoms with Gasteiger partial charge < -0.3 is 10.6 Å². The van der Waals surface area contributed by atoms with Gasteiger partial charge in [0, 0.05) is 31.0 Å². The first-order valence-electron chi connectivity index (χ1n) is 6.09. The Balaban J connectivity index is 2.91. The van der Waals surface area contributed by atoms with Crippen LogP contribution in [0, 0.1) is 10.1 Å². The third-order valence-corrected chi connectivity index (χ3v) is 3.76. The third-order valence-electron chi connectivity index (χ3n) is 2.66. The van der Waals surface area contributed by atoms with Crippen LogP contribution in [0.5, 0.6) is 0 Å². The molecule has 1 amide bonds. The zero-order valence-corrected chi connectivity index (χ0v) is 12.7. The van der Waals surface area contributed by atoms with Crippen LogP contribution in [-0.2, 0) is 9.84 Å². The van der Waals surface area contributed by atoms with Gasteiger partial charge in [0.1, 0.15) is 15.5 Å². The number of nitro groups is 1. The molecule has 2 N–H and O–H groups in total. The maximum atomic E-state index is 12.0. The maximum absolute atomic E-state index is 12.0. The van der Waals surface area contributed by atoms with E-state index in [1.165, 1.54) is 25.2 Å². The quantitative estimate of drug-likeness (QED) is 0.592. The number of nitrogens with zero attached hydrogens (tertiary/aromatic N) is 1. The van der Waals surface area contributed by atoms with E-state index in [1.54, 1.807) is 6.92 Å². The van der Waals surface area contributed by atoms with Crippen molar-refractivity contribution in [2.24, 2.45) is 0 Å². The molecule has 0 radical (unpaired) electrons. The SMILES string of the molecule is CNc1cc(C(=O)NC(C)CS(C)(=O)=O)ccc1[N+](=O)[O-]. The van der Waals surface area contributed by atoms with E-state index in [2.05, 4.69) is 10.6 Å². The van der Waals surface area contributed by atoms with Crippen LogP contribution in [0.15, 0.2) is 18.2 Å². The van der Waals surface area contributed by atoms with Gasteiger partial charge in [-0.1, -0.05) is 0 Å². The van der Waals surface area contributed by atoms with Crippen LogP contribution in [0.3, 0.4) is 0 Å².